The molecule has 0 heterocycles. The summed E-state index contributed by atoms with van der Waals surface area (Å²) in [6.45, 7) is 4.76. The predicted octanol–water partition coefficient (Wildman–Crippen LogP) is -1.05. The quantitative estimate of drug-likeness (QED) is 0.200. The number of phenolic OH excluding ortho intramolecular Hbond substituents is 1. The van der Waals surface area contributed by atoms with Gasteiger partial charge in [-0.15, -0.1) is 0 Å². The monoisotopic (exact) mass is 466 g/mol. The van der Waals surface area contributed by atoms with Crippen LogP contribution in [-0.4, -0.2) is 69.1 Å². The van der Waals surface area contributed by atoms with Crippen molar-refractivity contribution in [3.63, 3.8) is 0 Å². The minimum atomic E-state index is -1.68. The number of nitrogens with two attached hydrogens (primary N) is 1. The Kier molecular flexibility index (Phi) is 10.3. The van der Waals surface area contributed by atoms with Gasteiger partial charge < -0.3 is 37.0 Å². The molecule has 4 unspecified atom stereocenters. The minimum Gasteiger partial charge on any atom is -0.508 e. The Morgan fingerprint density at radius 2 is 1.39 bits per heavy atom. The lowest BCUT2D eigenvalue weighted by atomic mass is 10.0. The van der Waals surface area contributed by atoms with E-state index in [-0.39, 0.29) is 18.1 Å². The molecule has 0 radical (unpaired) electrons. The van der Waals surface area contributed by atoms with Crippen LogP contribution in [0.3, 0.4) is 0 Å². The van der Waals surface area contributed by atoms with E-state index in [2.05, 4.69) is 16.0 Å². The average molecular weight is 466 g/mol. The van der Waals surface area contributed by atoms with E-state index in [0.29, 0.717) is 5.56 Å². The lowest BCUT2D eigenvalue weighted by molar-refractivity contribution is -0.147. The Morgan fingerprint density at radius 1 is 0.848 bits per heavy atom. The van der Waals surface area contributed by atoms with Gasteiger partial charge in [0, 0.05) is 6.42 Å². The van der Waals surface area contributed by atoms with E-state index in [9.17, 15) is 29.1 Å². The van der Waals surface area contributed by atoms with Gasteiger partial charge in [0.2, 0.25) is 17.7 Å². The highest BCUT2D eigenvalue weighted by Gasteiger charge is 2.29. The van der Waals surface area contributed by atoms with Gasteiger partial charge in [-0.1, -0.05) is 26.0 Å². The summed E-state index contributed by atoms with van der Waals surface area (Å²) in [5, 5.41) is 34.3. The normalized spacial score (nSPS) is 14.5. The Labute approximate surface area is 190 Å². The van der Waals surface area contributed by atoms with Crippen LogP contribution < -0.4 is 21.7 Å². The molecule has 33 heavy (non-hydrogen) atoms. The lowest BCUT2D eigenvalue weighted by Gasteiger charge is -2.24. The maximum absolute atomic E-state index is 12.8. The molecule has 1 aromatic carbocycles. The van der Waals surface area contributed by atoms with E-state index < -0.39 is 60.2 Å². The largest absolute Gasteiger partial charge is 0.508 e. The molecule has 0 saturated heterocycles. The second-order valence-electron chi connectivity index (χ2n) is 7.93. The van der Waals surface area contributed by atoms with Gasteiger partial charge >= 0.3 is 11.9 Å². The topological polar surface area (TPSA) is 208 Å². The summed E-state index contributed by atoms with van der Waals surface area (Å²) >= 11 is 0. The van der Waals surface area contributed by atoms with Crippen molar-refractivity contribution < 1.29 is 39.3 Å². The van der Waals surface area contributed by atoms with Crippen molar-refractivity contribution in [3.8, 4) is 5.75 Å². The third kappa shape index (κ3) is 9.15. The van der Waals surface area contributed by atoms with Crippen molar-refractivity contribution in [2.24, 2.45) is 11.7 Å². The summed E-state index contributed by atoms with van der Waals surface area (Å²) in [6.07, 6.45) is -0.817. The van der Waals surface area contributed by atoms with E-state index in [0.717, 1.165) is 0 Å². The van der Waals surface area contributed by atoms with Crippen LogP contribution in [0.15, 0.2) is 24.3 Å². The molecule has 0 spiro atoms. The number of carboxylic acid groups (broad SMARTS) is 2. The van der Waals surface area contributed by atoms with Gasteiger partial charge in [-0.25, -0.2) is 4.79 Å². The number of phenols is 1. The second kappa shape index (κ2) is 12.4. The molecule has 0 aliphatic heterocycles. The van der Waals surface area contributed by atoms with Crippen LogP contribution in [0.2, 0.25) is 0 Å². The van der Waals surface area contributed by atoms with Gasteiger partial charge in [0.15, 0.2) is 0 Å². The number of hydrogen-bond acceptors (Lipinski definition) is 7. The Balaban J connectivity index is 2.95. The van der Waals surface area contributed by atoms with E-state index in [1.165, 1.54) is 19.1 Å². The summed E-state index contributed by atoms with van der Waals surface area (Å²) in [5.41, 5.74) is 6.46. The van der Waals surface area contributed by atoms with Gasteiger partial charge in [0.05, 0.1) is 12.5 Å². The third-order valence-corrected chi connectivity index (χ3v) is 4.78. The summed E-state index contributed by atoms with van der Waals surface area (Å²) in [6, 6.07) is 1.03. The van der Waals surface area contributed by atoms with E-state index in [1.807, 2.05) is 0 Å². The van der Waals surface area contributed by atoms with Crippen molar-refractivity contribution >= 4 is 29.7 Å². The van der Waals surface area contributed by atoms with E-state index in [4.69, 9.17) is 15.9 Å². The lowest BCUT2D eigenvalue weighted by Crippen LogP contribution is -2.57. The molecule has 0 aliphatic carbocycles. The molecule has 8 N–H and O–H groups in total. The van der Waals surface area contributed by atoms with Crippen molar-refractivity contribution in [2.45, 2.75) is 57.8 Å². The van der Waals surface area contributed by atoms with Gasteiger partial charge in [-0.2, -0.15) is 0 Å². The van der Waals surface area contributed by atoms with E-state index in [1.54, 1.807) is 26.0 Å². The number of benzene rings is 1. The zero-order chi connectivity index (χ0) is 25.3. The summed E-state index contributed by atoms with van der Waals surface area (Å²) in [5.74, 6) is -5.36. The number of carboxylic acids is 2. The first-order valence-corrected chi connectivity index (χ1v) is 10.2. The van der Waals surface area contributed by atoms with Crippen LogP contribution in [-0.2, 0) is 30.4 Å². The Hall–Kier alpha value is -3.67. The highest BCUT2D eigenvalue weighted by atomic mass is 16.4. The van der Waals surface area contributed by atoms with Crippen LogP contribution in [0.5, 0.6) is 5.75 Å². The molecule has 0 aromatic heterocycles. The standard InChI is InChI=1S/C21H30N4O8/c1-10(2)17(22)20(31)24-14(8-12-4-6-13(26)7-5-12)19(30)23-11(3)18(29)25-15(21(32)33)9-16(27)28/h4-7,10-11,14-15,17,26H,8-9,22H2,1-3H3,(H,23,30)(H,24,31)(H,25,29)(H,27,28)(H,32,33). The fraction of sp³-hybridized carbons (Fsp3) is 0.476. The minimum absolute atomic E-state index is 0.0188. The van der Waals surface area contributed by atoms with Crippen molar-refractivity contribution in [1.82, 2.24) is 16.0 Å². The molecule has 12 nitrogen and oxygen atoms in total. The average Bonchev–Trinajstić information content (AvgIpc) is 2.72. The molecule has 1 rings (SSSR count). The number of aromatic hydroxyl groups is 1. The van der Waals surface area contributed by atoms with Crippen molar-refractivity contribution in [1.29, 1.82) is 0 Å². The van der Waals surface area contributed by atoms with Gasteiger partial charge in [-0.3, -0.25) is 19.2 Å². The molecule has 0 aliphatic rings. The number of hydrogen-bond donors (Lipinski definition) is 7. The van der Waals surface area contributed by atoms with Crippen LogP contribution in [0.25, 0.3) is 0 Å². The van der Waals surface area contributed by atoms with Crippen molar-refractivity contribution in [3.05, 3.63) is 29.8 Å². The van der Waals surface area contributed by atoms with Gasteiger partial charge in [0.1, 0.15) is 23.9 Å². The fourth-order valence-corrected chi connectivity index (χ4v) is 2.70. The zero-order valence-electron chi connectivity index (χ0n) is 18.6. The molecular formula is C21H30N4O8. The molecule has 4 atom stereocenters. The molecule has 12 heteroatoms. The Morgan fingerprint density at radius 3 is 1.88 bits per heavy atom. The number of aliphatic carboxylic acids is 2. The first-order valence-electron chi connectivity index (χ1n) is 10.2. The second-order valence-corrected chi connectivity index (χ2v) is 7.93. The Bertz CT molecular complexity index is 872. The molecule has 1 aromatic rings. The molecule has 0 fully saturated rings. The first kappa shape index (κ1) is 27.4. The third-order valence-electron chi connectivity index (χ3n) is 4.78. The predicted molar refractivity (Wildman–Crippen MR) is 116 cm³/mol. The molecule has 182 valence electrons. The molecule has 0 saturated carbocycles. The smallest absolute Gasteiger partial charge is 0.326 e. The summed E-state index contributed by atoms with van der Waals surface area (Å²) in [4.78, 5) is 59.5. The maximum atomic E-state index is 12.8. The number of rotatable bonds is 12. The summed E-state index contributed by atoms with van der Waals surface area (Å²) in [7, 11) is 0. The number of amides is 3. The zero-order valence-corrected chi connectivity index (χ0v) is 18.6. The van der Waals surface area contributed by atoms with E-state index >= 15 is 0 Å². The van der Waals surface area contributed by atoms with Crippen LogP contribution in [0, 0.1) is 5.92 Å². The van der Waals surface area contributed by atoms with Crippen LogP contribution in [0.4, 0.5) is 0 Å². The number of carbonyl (C=O) groups excluding carboxylic acids is 3. The molecular weight excluding hydrogens is 436 g/mol. The fourth-order valence-electron chi connectivity index (χ4n) is 2.70. The summed E-state index contributed by atoms with van der Waals surface area (Å²) < 4.78 is 0. The van der Waals surface area contributed by atoms with Crippen LogP contribution >= 0.6 is 0 Å². The first-order chi connectivity index (χ1) is 15.3. The van der Waals surface area contributed by atoms with Gasteiger partial charge in [0.25, 0.3) is 0 Å². The number of carbonyl (C=O) groups is 5. The van der Waals surface area contributed by atoms with Crippen molar-refractivity contribution in [2.75, 3.05) is 0 Å². The SMILES string of the molecule is CC(NC(=O)C(Cc1ccc(O)cc1)NC(=O)C(N)C(C)C)C(=O)NC(CC(=O)O)C(=O)O. The molecule has 3 amide bonds. The highest BCUT2D eigenvalue weighted by molar-refractivity contribution is 5.94. The maximum Gasteiger partial charge on any atom is 0.326 e. The van der Waals surface area contributed by atoms with Crippen LogP contribution in [0.1, 0.15) is 32.8 Å². The van der Waals surface area contributed by atoms with Gasteiger partial charge in [-0.05, 0) is 30.5 Å². The molecule has 0 bridgehead atoms. The highest BCUT2D eigenvalue weighted by Crippen LogP contribution is 2.12. The number of nitrogens with one attached hydrogen (secondary N) is 3.